The Morgan fingerprint density at radius 1 is 0.830 bits per heavy atom. The van der Waals surface area contributed by atoms with E-state index in [1.54, 1.807) is 24.3 Å². The van der Waals surface area contributed by atoms with Crippen molar-refractivity contribution in [1.82, 2.24) is 5.32 Å². The fourth-order valence-corrected chi connectivity index (χ4v) is 5.95. The summed E-state index contributed by atoms with van der Waals surface area (Å²) in [6, 6.07) is 15.1. The maximum Gasteiger partial charge on any atom is 0.500 e. The van der Waals surface area contributed by atoms with E-state index in [9.17, 15) is 19.5 Å². The molecule has 47 heavy (non-hydrogen) atoms. The third-order valence-corrected chi connectivity index (χ3v) is 9.91. The number of hydrogen-bond donors (Lipinski definition) is 2. The number of rotatable bonds is 21. The molecular formula is C33H45NO12Si. The summed E-state index contributed by atoms with van der Waals surface area (Å²) < 4.78 is 42.8. The van der Waals surface area contributed by atoms with Crippen LogP contribution in [0.25, 0.3) is 0 Å². The van der Waals surface area contributed by atoms with Gasteiger partial charge in [-0.2, -0.15) is 0 Å². The second-order valence-corrected chi connectivity index (χ2v) is 13.7. The molecule has 2 aromatic carbocycles. The number of carbonyl (C=O) groups is 3. The van der Waals surface area contributed by atoms with Crippen molar-refractivity contribution < 1.29 is 56.5 Å². The van der Waals surface area contributed by atoms with Crippen LogP contribution < -0.4 is 14.8 Å². The van der Waals surface area contributed by atoms with Crippen LogP contribution in [0.3, 0.4) is 0 Å². The number of amides is 1. The molecule has 2 aromatic rings. The molecule has 258 valence electrons. The lowest BCUT2D eigenvalue weighted by atomic mass is 9.78. The lowest BCUT2D eigenvalue weighted by Crippen LogP contribution is -2.43. The summed E-state index contributed by atoms with van der Waals surface area (Å²) in [6.07, 6.45) is -0.445. The monoisotopic (exact) mass is 675 g/mol. The number of aliphatic hydroxyl groups is 1. The Morgan fingerprint density at radius 3 is 1.85 bits per heavy atom. The van der Waals surface area contributed by atoms with Crippen LogP contribution in [0.15, 0.2) is 73.8 Å². The van der Waals surface area contributed by atoms with Crippen molar-refractivity contribution >= 4 is 26.8 Å². The number of carbonyl (C=O) groups excluding carboxylic acids is 3. The Morgan fingerprint density at radius 2 is 1.34 bits per heavy atom. The van der Waals surface area contributed by atoms with Crippen LogP contribution in [0, 0.1) is 0 Å². The van der Waals surface area contributed by atoms with Gasteiger partial charge in [-0.25, -0.2) is 14.4 Å². The molecule has 0 spiro atoms. The van der Waals surface area contributed by atoms with Crippen molar-refractivity contribution in [3.63, 3.8) is 0 Å². The molecule has 0 saturated heterocycles. The lowest BCUT2D eigenvalue weighted by molar-refractivity contribution is -0.148. The van der Waals surface area contributed by atoms with E-state index in [1.165, 1.54) is 21.3 Å². The zero-order valence-electron chi connectivity index (χ0n) is 27.5. The second kappa shape index (κ2) is 19.4. The Bertz CT molecular complexity index is 1290. The van der Waals surface area contributed by atoms with Gasteiger partial charge < -0.3 is 47.4 Å². The first-order valence-electron chi connectivity index (χ1n) is 14.8. The fourth-order valence-electron chi connectivity index (χ4n) is 4.23. The van der Waals surface area contributed by atoms with Crippen LogP contribution >= 0.6 is 0 Å². The third-order valence-electron chi connectivity index (χ3n) is 7.08. The average Bonchev–Trinajstić information content (AvgIpc) is 3.09. The van der Waals surface area contributed by atoms with Gasteiger partial charge in [0.25, 0.3) is 6.29 Å². The van der Waals surface area contributed by atoms with Crippen LogP contribution in [0.1, 0.15) is 31.4 Å². The van der Waals surface area contributed by atoms with Crippen LogP contribution in [0.5, 0.6) is 11.5 Å². The van der Waals surface area contributed by atoms with Crippen molar-refractivity contribution in [3.05, 3.63) is 85.0 Å². The number of esters is 2. The first-order valence-corrected chi connectivity index (χ1v) is 16.7. The molecule has 0 aliphatic heterocycles. The lowest BCUT2D eigenvalue weighted by Gasteiger charge is -2.27. The molecular weight excluding hydrogens is 630 g/mol. The standard InChI is InChI=1S/C33H45NO12Si/c1-8-29(36)43-22-26(35)21-42-27-15-11-24(12-16-27)33(3,4)25-13-17-28(18-14-25)45-31(23-44-30(37)9-2)46-32(38)34-19-10-20-47(39-5,40-6)41-7/h8-9,11-18,26,31,35H,1-2,10,19-23H2,3-7H3,(H,34,38). The predicted octanol–water partition coefficient (Wildman–Crippen LogP) is 3.91. The van der Waals surface area contributed by atoms with Gasteiger partial charge in [-0.15, -0.1) is 0 Å². The van der Waals surface area contributed by atoms with Gasteiger partial charge in [-0.05, 0) is 41.8 Å². The van der Waals surface area contributed by atoms with Crippen molar-refractivity contribution in [2.24, 2.45) is 0 Å². The van der Waals surface area contributed by atoms with E-state index in [0.29, 0.717) is 24.0 Å². The summed E-state index contributed by atoms with van der Waals surface area (Å²) in [5, 5.41) is 12.6. The van der Waals surface area contributed by atoms with Crippen LogP contribution in [0.2, 0.25) is 6.04 Å². The van der Waals surface area contributed by atoms with Gasteiger partial charge in [0.2, 0.25) is 0 Å². The number of hydrogen-bond acceptors (Lipinski definition) is 12. The highest BCUT2D eigenvalue weighted by Crippen LogP contribution is 2.33. The van der Waals surface area contributed by atoms with E-state index >= 15 is 0 Å². The van der Waals surface area contributed by atoms with Crippen molar-refractivity contribution in [2.75, 3.05) is 47.7 Å². The summed E-state index contributed by atoms with van der Waals surface area (Å²) in [5.41, 5.74) is 1.54. The predicted molar refractivity (Wildman–Crippen MR) is 174 cm³/mol. The van der Waals surface area contributed by atoms with Gasteiger partial charge in [0, 0.05) is 51.5 Å². The zero-order valence-corrected chi connectivity index (χ0v) is 28.5. The average molecular weight is 676 g/mol. The molecule has 2 N–H and O–H groups in total. The molecule has 2 atom stereocenters. The van der Waals surface area contributed by atoms with E-state index in [-0.39, 0.29) is 26.4 Å². The fraction of sp³-hybridized carbons (Fsp3) is 0.424. The van der Waals surface area contributed by atoms with E-state index < -0.39 is 44.6 Å². The normalized spacial score (nSPS) is 12.6. The molecule has 1 amide bonds. The molecule has 0 fully saturated rings. The smallest absolute Gasteiger partial charge is 0.491 e. The SMILES string of the molecule is C=CC(=O)OCC(O)COc1ccc(C(C)(C)c2ccc(OC(COC(=O)C=C)OC(=O)NCCC[Si](OC)(OC)OC)cc2)cc1. The minimum atomic E-state index is -2.77. The number of benzene rings is 2. The highest BCUT2D eigenvalue weighted by molar-refractivity contribution is 6.60. The Balaban J connectivity index is 2.00. The minimum absolute atomic E-state index is 0.0486. The molecule has 0 aromatic heterocycles. The minimum Gasteiger partial charge on any atom is -0.491 e. The summed E-state index contributed by atoms with van der Waals surface area (Å²) >= 11 is 0. The molecule has 0 bridgehead atoms. The summed E-state index contributed by atoms with van der Waals surface area (Å²) in [4.78, 5) is 35.3. The maximum atomic E-state index is 12.5. The van der Waals surface area contributed by atoms with E-state index in [2.05, 4.69) is 32.3 Å². The van der Waals surface area contributed by atoms with Gasteiger partial charge in [0.1, 0.15) is 30.8 Å². The quantitative estimate of drug-likeness (QED) is 0.0492. The number of alkyl carbamates (subject to hydrolysis) is 1. The topological polar surface area (TPSA) is 157 Å². The van der Waals surface area contributed by atoms with E-state index in [4.69, 9.17) is 37.0 Å². The molecule has 14 heteroatoms. The largest absolute Gasteiger partial charge is 0.500 e. The highest BCUT2D eigenvalue weighted by Gasteiger charge is 2.37. The van der Waals surface area contributed by atoms with Gasteiger partial charge >= 0.3 is 26.8 Å². The number of aliphatic hydroxyl groups excluding tert-OH is 1. The number of nitrogens with one attached hydrogen (secondary N) is 1. The summed E-state index contributed by atoms with van der Waals surface area (Å²) in [6.45, 7) is 10.4. The maximum absolute atomic E-state index is 12.5. The van der Waals surface area contributed by atoms with Gasteiger partial charge in [0.15, 0.2) is 6.61 Å². The molecule has 0 saturated carbocycles. The zero-order chi connectivity index (χ0) is 34.9. The Labute approximate surface area is 276 Å². The van der Waals surface area contributed by atoms with Crippen molar-refractivity contribution in [2.45, 2.75) is 44.1 Å². The van der Waals surface area contributed by atoms with Crippen LogP contribution in [-0.4, -0.2) is 92.0 Å². The van der Waals surface area contributed by atoms with E-state index in [0.717, 1.165) is 23.3 Å². The molecule has 2 unspecified atom stereocenters. The molecule has 0 aliphatic carbocycles. The summed E-state index contributed by atoms with van der Waals surface area (Å²) in [5.74, 6) is -0.381. The first-order chi connectivity index (χ1) is 22.4. The second-order valence-electron chi connectivity index (χ2n) is 10.6. The molecule has 0 radical (unpaired) electrons. The van der Waals surface area contributed by atoms with Crippen molar-refractivity contribution in [3.8, 4) is 11.5 Å². The van der Waals surface area contributed by atoms with Crippen LogP contribution in [-0.2, 0) is 42.5 Å². The van der Waals surface area contributed by atoms with Gasteiger partial charge in [-0.3, -0.25) is 0 Å². The third kappa shape index (κ3) is 12.8. The highest BCUT2D eigenvalue weighted by atomic mass is 28.4. The van der Waals surface area contributed by atoms with E-state index in [1.807, 2.05) is 24.3 Å². The molecule has 2 rings (SSSR count). The Hall–Kier alpha value is -4.21. The Kier molecular flexibility index (Phi) is 16.1. The first kappa shape index (κ1) is 39.0. The van der Waals surface area contributed by atoms with Crippen LogP contribution in [0.4, 0.5) is 4.79 Å². The molecule has 13 nitrogen and oxygen atoms in total. The summed E-state index contributed by atoms with van der Waals surface area (Å²) in [7, 11) is 1.77. The van der Waals surface area contributed by atoms with Crippen molar-refractivity contribution in [1.29, 1.82) is 0 Å². The number of ether oxygens (including phenoxy) is 5. The van der Waals surface area contributed by atoms with Gasteiger partial charge in [-0.1, -0.05) is 51.3 Å². The van der Waals surface area contributed by atoms with Gasteiger partial charge in [0.05, 0.1) is 0 Å². The molecule has 0 aliphatic rings. The molecule has 0 heterocycles.